The van der Waals surface area contributed by atoms with Gasteiger partial charge in [0.15, 0.2) is 0 Å². The zero-order chi connectivity index (χ0) is 13.2. The van der Waals surface area contributed by atoms with Crippen molar-refractivity contribution in [1.29, 1.82) is 0 Å². The molecule has 4 heteroatoms. The van der Waals surface area contributed by atoms with Gasteiger partial charge in [-0.15, -0.1) is 0 Å². The molecule has 0 saturated carbocycles. The number of nitrogen functional groups attached to an aromatic ring is 1. The van der Waals surface area contributed by atoms with Crippen molar-refractivity contribution >= 4 is 5.82 Å². The molecule has 2 aromatic rings. The van der Waals surface area contributed by atoms with E-state index < -0.39 is 0 Å². The van der Waals surface area contributed by atoms with Crippen LogP contribution in [-0.2, 0) is 0 Å². The van der Waals surface area contributed by atoms with Crippen molar-refractivity contribution in [2.75, 3.05) is 18.8 Å². The molecular weight excluding hydrogens is 241 g/mol. The number of hydrogen-bond donors (Lipinski definition) is 2. The van der Waals surface area contributed by atoms with Crippen molar-refractivity contribution in [3.8, 4) is 11.3 Å². The molecule has 3 nitrogen and oxygen atoms in total. The Kier molecular flexibility index (Phi) is 3.17. The second-order valence-corrected chi connectivity index (χ2v) is 4.88. The van der Waals surface area contributed by atoms with Crippen LogP contribution in [0.5, 0.6) is 0 Å². The highest BCUT2D eigenvalue weighted by Gasteiger charge is 2.18. The molecule has 3 N–H and O–H groups in total. The summed E-state index contributed by atoms with van der Waals surface area (Å²) in [6.45, 7) is 1.93. The van der Waals surface area contributed by atoms with Gasteiger partial charge in [0.25, 0.3) is 0 Å². The summed E-state index contributed by atoms with van der Waals surface area (Å²) < 4.78 is 14.2. The summed E-state index contributed by atoms with van der Waals surface area (Å²) in [6.07, 6.45) is 1.06. The SMILES string of the molecule is Nc1cccc(-c2ccc(C3CCNC3)cc2F)n1. The highest BCUT2D eigenvalue weighted by Crippen LogP contribution is 2.28. The van der Waals surface area contributed by atoms with Crippen LogP contribution in [0.2, 0.25) is 0 Å². The molecule has 1 saturated heterocycles. The fourth-order valence-corrected chi connectivity index (χ4v) is 2.53. The van der Waals surface area contributed by atoms with Crippen molar-refractivity contribution in [1.82, 2.24) is 10.3 Å². The number of aromatic nitrogens is 1. The maximum Gasteiger partial charge on any atom is 0.132 e. The molecule has 98 valence electrons. The van der Waals surface area contributed by atoms with E-state index in [9.17, 15) is 4.39 Å². The van der Waals surface area contributed by atoms with Gasteiger partial charge in [0.05, 0.1) is 5.69 Å². The smallest absolute Gasteiger partial charge is 0.132 e. The lowest BCUT2D eigenvalue weighted by molar-refractivity contribution is 0.624. The Bertz CT molecular complexity index is 592. The molecule has 3 rings (SSSR count). The Morgan fingerprint density at radius 3 is 2.84 bits per heavy atom. The highest BCUT2D eigenvalue weighted by atomic mass is 19.1. The Hall–Kier alpha value is -1.94. The quantitative estimate of drug-likeness (QED) is 0.869. The van der Waals surface area contributed by atoms with Gasteiger partial charge < -0.3 is 11.1 Å². The third-order valence-electron chi connectivity index (χ3n) is 3.57. The normalized spacial score (nSPS) is 18.7. The summed E-state index contributed by atoms with van der Waals surface area (Å²) in [5.41, 5.74) is 7.76. The molecule has 1 fully saturated rings. The lowest BCUT2D eigenvalue weighted by Gasteiger charge is -2.11. The number of nitrogens with zero attached hydrogens (tertiary/aromatic N) is 1. The van der Waals surface area contributed by atoms with E-state index in [0.717, 1.165) is 25.1 Å². The van der Waals surface area contributed by atoms with E-state index in [-0.39, 0.29) is 5.82 Å². The van der Waals surface area contributed by atoms with Gasteiger partial charge >= 0.3 is 0 Å². The first-order chi connectivity index (χ1) is 9.24. The highest BCUT2D eigenvalue weighted by molar-refractivity contribution is 5.62. The minimum Gasteiger partial charge on any atom is -0.384 e. The molecule has 1 atom stereocenters. The van der Waals surface area contributed by atoms with E-state index in [1.54, 1.807) is 30.3 Å². The lowest BCUT2D eigenvalue weighted by Crippen LogP contribution is -2.08. The molecule has 1 aliphatic heterocycles. The van der Waals surface area contributed by atoms with Crippen molar-refractivity contribution in [2.24, 2.45) is 0 Å². The number of hydrogen-bond acceptors (Lipinski definition) is 3. The Balaban J connectivity index is 1.95. The van der Waals surface area contributed by atoms with Gasteiger partial charge in [-0.3, -0.25) is 0 Å². The topological polar surface area (TPSA) is 50.9 Å². The largest absolute Gasteiger partial charge is 0.384 e. The van der Waals surface area contributed by atoms with Gasteiger partial charge in [-0.1, -0.05) is 12.1 Å². The average Bonchev–Trinajstić information content (AvgIpc) is 2.92. The number of anilines is 1. The summed E-state index contributed by atoms with van der Waals surface area (Å²) in [6, 6.07) is 10.7. The first-order valence-corrected chi connectivity index (χ1v) is 6.47. The van der Waals surface area contributed by atoms with Crippen LogP contribution in [-0.4, -0.2) is 18.1 Å². The van der Waals surface area contributed by atoms with Gasteiger partial charge in [-0.25, -0.2) is 9.37 Å². The molecule has 1 unspecified atom stereocenters. The van der Waals surface area contributed by atoms with E-state index in [2.05, 4.69) is 10.3 Å². The fraction of sp³-hybridized carbons (Fsp3) is 0.267. The van der Waals surface area contributed by atoms with Crippen LogP contribution in [0.4, 0.5) is 10.2 Å². The number of nitrogens with one attached hydrogen (secondary N) is 1. The Labute approximate surface area is 111 Å². The number of pyridine rings is 1. The molecule has 1 aromatic heterocycles. The second-order valence-electron chi connectivity index (χ2n) is 4.88. The third kappa shape index (κ3) is 2.44. The first-order valence-electron chi connectivity index (χ1n) is 6.47. The van der Waals surface area contributed by atoms with Crippen molar-refractivity contribution in [3.63, 3.8) is 0 Å². The maximum atomic E-state index is 14.2. The van der Waals surface area contributed by atoms with Crippen molar-refractivity contribution in [3.05, 3.63) is 47.8 Å². The summed E-state index contributed by atoms with van der Waals surface area (Å²) in [5, 5.41) is 3.29. The zero-order valence-electron chi connectivity index (χ0n) is 10.6. The minimum absolute atomic E-state index is 0.234. The molecule has 0 radical (unpaired) electrons. The van der Waals surface area contributed by atoms with Crippen LogP contribution in [0.15, 0.2) is 36.4 Å². The van der Waals surface area contributed by atoms with Crippen molar-refractivity contribution < 1.29 is 4.39 Å². The monoisotopic (exact) mass is 257 g/mol. The lowest BCUT2D eigenvalue weighted by atomic mass is 9.96. The minimum atomic E-state index is -0.234. The van der Waals surface area contributed by atoms with E-state index in [1.807, 2.05) is 6.07 Å². The number of benzene rings is 1. The van der Waals surface area contributed by atoms with Crippen LogP contribution in [0.1, 0.15) is 17.9 Å². The average molecular weight is 257 g/mol. The van der Waals surface area contributed by atoms with Crippen LogP contribution in [0.25, 0.3) is 11.3 Å². The molecule has 0 amide bonds. The van der Waals surface area contributed by atoms with Crippen molar-refractivity contribution in [2.45, 2.75) is 12.3 Å². The molecule has 1 aliphatic rings. The predicted molar refractivity (Wildman–Crippen MR) is 74.3 cm³/mol. The van der Waals surface area contributed by atoms with E-state index >= 15 is 0 Å². The van der Waals surface area contributed by atoms with Gasteiger partial charge in [0.2, 0.25) is 0 Å². The molecule has 0 bridgehead atoms. The van der Waals surface area contributed by atoms with Crippen LogP contribution >= 0.6 is 0 Å². The molecule has 0 aliphatic carbocycles. The van der Waals surface area contributed by atoms with E-state index in [0.29, 0.717) is 23.0 Å². The van der Waals surface area contributed by atoms with Crippen LogP contribution in [0, 0.1) is 5.82 Å². The van der Waals surface area contributed by atoms with Gasteiger partial charge in [-0.05, 0) is 48.7 Å². The van der Waals surface area contributed by atoms with Gasteiger partial charge in [0, 0.05) is 12.1 Å². The molecular formula is C15H16FN3. The summed E-state index contributed by atoms with van der Waals surface area (Å²) in [5.74, 6) is 0.584. The number of nitrogens with two attached hydrogens (primary N) is 1. The Morgan fingerprint density at radius 2 is 2.16 bits per heavy atom. The summed E-state index contributed by atoms with van der Waals surface area (Å²) in [7, 11) is 0. The predicted octanol–water partition coefficient (Wildman–Crippen LogP) is 2.55. The maximum absolute atomic E-state index is 14.2. The summed E-state index contributed by atoms with van der Waals surface area (Å²) >= 11 is 0. The van der Waals surface area contributed by atoms with Gasteiger partial charge in [0.1, 0.15) is 11.6 Å². The fourth-order valence-electron chi connectivity index (χ4n) is 2.53. The van der Waals surface area contributed by atoms with E-state index in [4.69, 9.17) is 5.73 Å². The molecule has 1 aromatic carbocycles. The van der Waals surface area contributed by atoms with E-state index in [1.165, 1.54) is 0 Å². The standard InChI is InChI=1S/C15H16FN3/c16-13-8-10(11-6-7-18-9-11)4-5-12(13)14-2-1-3-15(17)19-14/h1-5,8,11,18H,6-7,9H2,(H2,17,19). The number of halogens is 1. The molecule has 0 spiro atoms. The number of rotatable bonds is 2. The second kappa shape index (κ2) is 4.97. The third-order valence-corrected chi connectivity index (χ3v) is 3.57. The Morgan fingerprint density at radius 1 is 1.26 bits per heavy atom. The summed E-state index contributed by atoms with van der Waals surface area (Å²) in [4.78, 5) is 4.16. The molecule has 2 heterocycles. The molecule has 19 heavy (non-hydrogen) atoms. The first kappa shape index (κ1) is 12.1. The zero-order valence-corrected chi connectivity index (χ0v) is 10.6. The van der Waals surface area contributed by atoms with Crippen LogP contribution < -0.4 is 11.1 Å². The van der Waals surface area contributed by atoms with Gasteiger partial charge in [-0.2, -0.15) is 0 Å². The van der Waals surface area contributed by atoms with Crippen LogP contribution in [0.3, 0.4) is 0 Å².